The number of amides is 2. The van der Waals surface area contributed by atoms with Crippen molar-refractivity contribution in [1.82, 2.24) is 19.8 Å². The Labute approximate surface area is 185 Å². The Morgan fingerprint density at radius 2 is 2.03 bits per heavy atom. The van der Waals surface area contributed by atoms with Crippen LogP contribution in [-0.4, -0.2) is 76.9 Å². The molecule has 0 bridgehead atoms. The van der Waals surface area contributed by atoms with E-state index in [2.05, 4.69) is 14.7 Å². The fourth-order valence-corrected chi connectivity index (χ4v) is 3.88. The van der Waals surface area contributed by atoms with Crippen molar-refractivity contribution in [3.8, 4) is 0 Å². The molecule has 0 spiro atoms. The second kappa shape index (κ2) is 11.0. The highest BCUT2D eigenvalue weighted by Gasteiger charge is 2.31. The first-order chi connectivity index (χ1) is 14.9. The molecule has 1 atom stereocenters. The first-order valence-corrected chi connectivity index (χ1v) is 10.9. The molecule has 1 aliphatic rings. The van der Waals surface area contributed by atoms with Crippen molar-refractivity contribution in [1.29, 1.82) is 0 Å². The number of hydrogen-bond donors (Lipinski definition) is 0. The zero-order valence-corrected chi connectivity index (χ0v) is 18.5. The van der Waals surface area contributed by atoms with Gasteiger partial charge in [0.25, 0.3) is 0 Å². The summed E-state index contributed by atoms with van der Waals surface area (Å²) in [5.74, 6) is -0.786. The summed E-state index contributed by atoms with van der Waals surface area (Å²) < 4.78 is 10.7. The molecule has 3 rings (SSSR count). The predicted octanol–water partition coefficient (Wildman–Crippen LogP) is 1.21. The van der Waals surface area contributed by atoms with Crippen LogP contribution in [0.1, 0.15) is 22.7 Å². The number of aryl methyl sites for hydroxylation is 1. The quantitative estimate of drug-likeness (QED) is 0.562. The monoisotopic (exact) mass is 446 g/mol. The molecule has 0 N–H and O–H groups in total. The predicted molar refractivity (Wildman–Crippen MR) is 113 cm³/mol. The number of aromatic nitrogens is 2. The van der Waals surface area contributed by atoms with E-state index in [1.807, 2.05) is 24.4 Å². The van der Waals surface area contributed by atoms with Crippen LogP contribution in [0.2, 0.25) is 0 Å². The van der Waals surface area contributed by atoms with Gasteiger partial charge in [-0.15, -0.1) is 11.3 Å². The van der Waals surface area contributed by atoms with Crippen molar-refractivity contribution in [3.63, 3.8) is 0 Å². The molecule has 10 heteroatoms. The molecule has 0 aliphatic carbocycles. The maximum atomic E-state index is 12.9. The molecule has 1 saturated heterocycles. The van der Waals surface area contributed by atoms with Crippen molar-refractivity contribution in [3.05, 3.63) is 46.2 Å². The van der Waals surface area contributed by atoms with Crippen molar-refractivity contribution in [2.45, 2.75) is 32.5 Å². The smallest absolute Gasteiger partial charge is 0.307 e. The SMILES string of the molecule is COC(=O)CCN1C[C@@H](OCc2ccncc2)CN(C(=O)Cc2csc(C)n2)CC1=O. The Bertz CT molecular complexity index is 904. The molecule has 0 radical (unpaired) electrons. The summed E-state index contributed by atoms with van der Waals surface area (Å²) in [7, 11) is 1.31. The number of thiazole rings is 1. The van der Waals surface area contributed by atoms with Crippen LogP contribution in [0.25, 0.3) is 0 Å². The number of hydrogen-bond acceptors (Lipinski definition) is 8. The third-order valence-corrected chi connectivity index (χ3v) is 5.75. The molecule has 0 saturated carbocycles. The largest absolute Gasteiger partial charge is 0.469 e. The van der Waals surface area contributed by atoms with E-state index in [0.717, 1.165) is 10.6 Å². The molecule has 2 aromatic rings. The Kier molecular flexibility index (Phi) is 8.07. The molecule has 1 fully saturated rings. The summed E-state index contributed by atoms with van der Waals surface area (Å²) >= 11 is 1.49. The van der Waals surface area contributed by atoms with Crippen molar-refractivity contribution in [2.24, 2.45) is 0 Å². The normalized spacial score (nSPS) is 16.8. The number of carbonyl (C=O) groups excluding carboxylic acids is 3. The van der Waals surface area contributed by atoms with Crippen LogP contribution in [0.15, 0.2) is 29.9 Å². The topological polar surface area (TPSA) is 102 Å². The zero-order chi connectivity index (χ0) is 22.2. The number of methoxy groups -OCH3 is 1. The van der Waals surface area contributed by atoms with Crippen LogP contribution >= 0.6 is 11.3 Å². The lowest BCUT2D eigenvalue weighted by Gasteiger charge is -2.24. The van der Waals surface area contributed by atoms with Gasteiger partial charge in [-0.05, 0) is 24.6 Å². The third-order valence-electron chi connectivity index (χ3n) is 4.93. The average Bonchev–Trinajstić information content (AvgIpc) is 3.10. The highest BCUT2D eigenvalue weighted by atomic mass is 32.1. The molecule has 2 amide bonds. The van der Waals surface area contributed by atoms with Crippen LogP contribution < -0.4 is 0 Å². The maximum Gasteiger partial charge on any atom is 0.307 e. The first kappa shape index (κ1) is 22.8. The van der Waals surface area contributed by atoms with Gasteiger partial charge in [0.2, 0.25) is 11.8 Å². The number of rotatable bonds is 8. The molecule has 31 heavy (non-hydrogen) atoms. The molecular formula is C21H26N4O5S. The molecule has 166 valence electrons. The van der Waals surface area contributed by atoms with Crippen LogP contribution in [-0.2, 0) is 36.9 Å². The van der Waals surface area contributed by atoms with Gasteiger partial charge in [0.05, 0.1) is 49.9 Å². The lowest BCUT2D eigenvalue weighted by Crippen LogP contribution is -2.40. The van der Waals surface area contributed by atoms with Crippen LogP contribution in [0.3, 0.4) is 0 Å². The minimum absolute atomic E-state index is 0.0573. The molecule has 9 nitrogen and oxygen atoms in total. The molecule has 3 heterocycles. The molecule has 1 aliphatic heterocycles. The average molecular weight is 447 g/mol. The fraction of sp³-hybridized carbons (Fsp3) is 0.476. The maximum absolute atomic E-state index is 12.9. The lowest BCUT2D eigenvalue weighted by molar-refractivity contribution is -0.142. The minimum atomic E-state index is -0.391. The molecule has 2 aromatic heterocycles. The van der Waals surface area contributed by atoms with E-state index in [9.17, 15) is 14.4 Å². The Morgan fingerprint density at radius 1 is 1.26 bits per heavy atom. The highest BCUT2D eigenvalue weighted by Crippen LogP contribution is 2.15. The lowest BCUT2D eigenvalue weighted by atomic mass is 10.2. The number of carbonyl (C=O) groups is 3. The van der Waals surface area contributed by atoms with Crippen LogP contribution in [0.4, 0.5) is 0 Å². The summed E-state index contributed by atoms with van der Waals surface area (Å²) in [5, 5.41) is 2.75. The summed E-state index contributed by atoms with van der Waals surface area (Å²) in [4.78, 5) is 48.7. The number of pyridine rings is 1. The molecule has 0 aromatic carbocycles. The summed E-state index contributed by atoms with van der Waals surface area (Å²) in [6, 6.07) is 3.70. The van der Waals surface area contributed by atoms with Gasteiger partial charge in [0.1, 0.15) is 0 Å². The zero-order valence-electron chi connectivity index (χ0n) is 17.7. The molecular weight excluding hydrogens is 420 g/mol. The fourth-order valence-electron chi connectivity index (χ4n) is 3.27. The Balaban J connectivity index is 1.69. The van der Waals surface area contributed by atoms with Gasteiger partial charge in [0, 0.05) is 37.4 Å². The highest BCUT2D eigenvalue weighted by molar-refractivity contribution is 7.09. The van der Waals surface area contributed by atoms with E-state index in [1.165, 1.54) is 23.3 Å². The first-order valence-electron chi connectivity index (χ1n) is 9.98. The molecule has 0 unspecified atom stereocenters. The van der Waals surface area contributed by atoms with Crippen molar-refractivity contribution in [2.75, 3.05) is 33.3 Å². The summed E-state index contributed by atoms with van der Waals surface area (Å²) in [6.45, 7) is 2.95. The van der Waals surface area contributed by atoms with Gasteiger partial charge in [-0.1, -0.05) is 0 Å². The second-order valence-electron chi connectivity index (χ2n) is 7.26. The summed E-state index contributed by atoms with van der Waals surface area (Å²) in [6.07, 6.45) is 3.20. The van der Waals surface area contributed by atoms with Gasteiger partial charge >= 0.3 is 5.97 Å². The van der Waals surface area contributed by atoms with E-state index >= 15 is 0 Å². The van der Waals surface area contributed by atoms with Gasteiger partial charge in [-0.3, -0.25) is 19.4 Å². The standard InChI is InChI=1S/C21H26N4O5S/c1-15-23-17(14-31-15)9-19(26)25-11-18(30-13-16-3-6-22-7-4-16)10-24(20(27)12-25)8-5-21(28)29-2/h3-4,6-7,14,18H,5,8-13H2,1-2H3/t18-/m1/s1. The van der Waals surface area contributed by atoms with Crippen molar-refractivity contribution >= 4 is 29.1 Å². The van der Waals surface area contributed by atoms with Crippen LogP contribution in [0, 0.1) is 6.92 Å². The van der Waals surface area contributed by atoms with Crippen molar-refractivity contribution < 1.29 is 23.9 Å². The van der Waals surface area contributed by atoms with E-state index in [4.69, 9.17) is 4.74 Å². The van der Waals surface area contributed by atoms with E-state index in [0.29, 0.717) is 18.8 Å². The Morgan fingerprint density at radius 3 is 2.71 bits per heavy atom. The second-order valence-corrected chi connectivity index (χ2v) is 8.33. The summed E-state index contributed by atoms with van der Waals surface area (Å²) in [5.41, 5.74) is 1.64. The van der Waals surface area contributed by atoms with E-state index in [-0.39, 0.29) is 44.3 Å². The Hall–Kier alpha value is -2.85. The van der Waals surface area contributed by atoms with Gasteiger partial charge in [0.15, 0.2) is 0 Å². The number of esters is 1. The van der Waals surface area contributed by atoms with E-state index < -0.39 is 12.1 Å². The number of ether oxygens (including phenoxy) is 2. The van der Waals surface area contributed by atoms with Gasteiger partial charge in [-0.25, -0.2) is 4.98 Å². The van der Waals surface area contributed by atoms with Crippen LogP contribution in [0.5, 0.6) is 0 Å². The number of nitrogens with zero attached hydrogens (tertiary/aromatic N) is 4. The third kappa shape index (κ3) is 6.83. The van der Waals surface area contributed by atoms with Gasteiger partial charge in [-0.2, -0.15) is 0 Å². The van der Waals surface area contributed by atoms with Gasteiger partial charge < -0.3 is 19.3 Å². The minimum Gasteiger partial charge on any atom is -0.469 e. The van der Waals surface area contributed by atoms with E-state index in [1.54, 1.807) is 17.3 Å².